The van der Waals surface area contributed by atoms with Crippen LogP contribution in [-0.2, 0) is 14.3 Å². The first-order chi connectivity index (χ1) is 13.3. The van der Waals surface area contributed by atoms with E-state index < -0.39 is 11.3 Å². The number of hydrogen-bond acceptors (Lipinski definition) is 3. The summed E-state index contributed by atoms with van der Waals surface area (Å²) < 4.78 is 6.48. The summed E-state index contributed by atoms with van der Waals surface area (Å²) in [5.74, 6) is 0.531. The predicted octanol–water partition coefficient (Wildman–Crippen LogP) is 6.34. The fraction of sp³-hybridized carbons (Fsp3) is 0.692. The van der Waals surface area contributed by atoms with Crippen molar-refractivity contribution in [3.8, 4) is 0 Å². The molecule has 0 aromatic heterocycles. The second kappa shape index (κ2) is 7.25. The highest BCUT2D eigenvalue weighted by molar-refractivity contribution is 6.17. The lowest BCUT2D eigenvalue weighted by Gasteiger charge is -2.56. The van der Waals surface area contributed by atoms with E-state index in [9.17, 15) is 9.59 Å². The second-order valence-electron chi connectivity index (χ2n) is 11.1. The van der Waals surface area contributed by atoms with Crippen LogP contribution in [0.3, 0.4) is 0 Å². The molecule has 29 heavy (non-hydrogen) atoms. The van der Waals surface area contributed by atoms with Crippen LogP contribution < -0.4 is 0 Å². The summed E-state index contributed by atoms with van der Waals surface area (Å²) in [6.45, 7) is 16.8. The van der Waals surface area contributed by atoms with Crippen LogP contribution in [0.25, 0.3) is 0 Å². The molecule has 1 heterocycles. The number of carbonyl (C=O) groups is 2. The molecule has 0 radical (unpaired) electrons. The van der Waals surface area contributed by atoms with Crippen molar-refractivity contribution >= 4 is 11.6 Å². The molecule has 0 aromatic rings. The third-order valence-electron chi connectivity index (χ3n) is 7.42. The smallest absolute Gasteiger partial charge is 0.173 e. The van der Waals surface area contributed by atoms with Gasteiger partial charge in [0.1, 0.15) is 11.4 Å². The monoisotopic (exact) mass is 398 g/mol. The van der Waals surface area contributed by atoms with E-state index in [2.05, 4.69) is 67.5 Å². The van der Waals surface area contributed by atoms with E-state index >= 15 is 0 Å². The van der Waals surface area contributed by atoms with Gasteiger partial charge in [0.2, 0.25) is 0 Å². The first kappa shape index (κ1) is 22.1. The number of hydrogen-bond donors (Lipinski definition) is 0. The predicted molar refractivity (Wildman–Crippen MR) is 117 cm³/mol. The first-order valence-corrected chi connectivity index (χ1v) is 11.1. The normalized spacial score (nSPS) is 32.3. The third-order valence-corrected chi connectivity index (χ3v) is 7.42. The number of carbonyl (C=O) groups excluding carboxylic acids is 2. The number of allylic oxidation sites excluding steroid dienone is 6. The lowest BCUT2D eigenvalue weighted by atomic mass is 9.47. The Morgan fingerprint density at radius 1 is 1.03 bits per heavy atom. The zero-order valence-electron chi connectivity index (χ0n) is 19.6. The molecule has 3 aliphatic rings. The van der Waals surface area contributed by atoms with Crippen molar-refractivity contribution in [2.75, 3.05) is 0 Å². The van der Waals surface area contributed by atoms with E-state index in [1.165, 1.54) is 11.1 Å². The van der Waals surface area contributed by atoms with E-state index in [4.69, 9.17) is 4.74 Å². The van der Waals surface area contributed by atoms with Gasteiger partial charge in [0.05, 0.1) is 11.3 Å². The summed E-state index contributed by atoms with van der Waals surface area (Å²) in [6, 6.07) is 0. The maximum Gasteiger partial charge on any atom is 0.173 e. The van der Waals surface area contributed by atoms with Gasteiger partial charge in [0.25, 0.3) is 0 Å². The Kier molecular flexibility index (Phi) is 5.51. The Morgan fingerprint density at radius 2 is 1.66 bits per heavy atom. The molecule has 0 saturated heterocycles. The average molecular weight is 399 g/mol. The topological polar surface area (TPSA) is 43.4 Å². The Hall–Kier alpha value is -1.64. The molecule has 0 N–H and O–H groups in total. The summed E-state index contributed by atoms with van der Waals surface area (Å²) in [5, 5.41) is 0. The van der Waals surface area contributed by atoms with Gasteiger partial charge in [0.15, 0.2) is 11.6 Å². The van der Waals surface area contributed by atoms with Gasteiger partial charge in [-0.05, 0) is 85.0 Å². The van der Waals surface area contributed by atoms with E-state index in [-0.39, 0.29) is 28.5 Å². The minimum Gasteiger partial charge on any atom is -0.491 e. The number of fused-ring (bicyclic) bond motifs is 3. The molecule has 0 spiro atoms. The number of rotatable bonds is 4. The fourth-order valence-electron chi connectivity index (χ4n) is 5.44. The Morgan fingerprint density at radius 3 is 2.24 bits per heavy atom. The quantitative estimate of drug-likeness (QED) is 0.410. The van der Waals surface area contributed by atoms with Crippen LogP contribution in [0.2, 0.25) is 0 Å². The van der Waals surface area contributed by atoms with Crippen LogP contribution in [0.15, 0.2) is 34.6 Å². The maximum atomic E-state index is 13.9. The fourth-order valence-corrected chi connectivity index (χ4v) is 5.44. The van der Waals surface area contributed by atoms with Crippen LogP contribution in [0.5, 0.6) is 0 Å². The molecule has 2 bridgehead atoms. The van der Waals surface area contributed by atoms with E-state index in [0.717, 1.165) is 31.3 Å². The number of ketones is 2. The lowest BCUT2D eigenvalue weighted by molar-refractivity contribution is -0.161. The lowest BCUT2D eigenvalue weighted by Crippen LogP contribution is -2.60. The van der Waals surface area contributed by atoms with Crippen LogP contribution in [0.1, 0.15) is 87.5 Å². The minimum atomic E-state index is -0.696. The highest BCUT2D eigenvalue weighted by atomic mass is 16.5. The van der Waals surface area contributed by atoms with Crippen molar-refractivity contribution in [3.63, 3.8) is 0 Å². The standard InChI is InChI=1S/C26H38O3/c1-16(2)9-10-18-15-26(14-11-17(3)4)22(28)20(25(18,7)8)21(27)19-12-13-24(5,6)29-23(19)26/h9,11,18,20H,10,12-15H2,1-8H3/t18-,20+,26+/m0/s1. The van der Waals surface area contributed by atoms with Crippen molar-refractivity contribution in [2.45, 2.75) is 93.1 Å². The van der Waals surface area contributed by atoms with E-state index in [1.54, 1.807) is 0 Å². The Balaban J connectivity index is 2.20. The van der Waals surface area contributed by atoms with Crippen molar-refractivity contribution < 1.29 is 14.3 Å². The van der Waals surface area contributed by atoms with Crippen LogP contribution >= 0.6 is 0 Å². The van der Waals surface area contributed by atoms with E-state index in [1.807, 2.05) is 0 Å². The summed E-state index contributed by atoms with van der Waals surface area (Å²) in [7, 11) is 0. The average Bonchev–Trinajstić information content (AvgIpc) is 2.58. The molecule has 3 atom stereocenters. The minimum absolute atomic E-state index is 0.0280. The van der Waals surface area contributed by atoms with Crippen LogP contribution in [-0.4, -0.2) is 17.2 Å². The molecule has 0 aromatic carbocycles. The number of ether oxygens (including phenoxy) is 1. The van der Waals surface area contributed by atoms with Crippen molar-refractivity contribution in [2.24, 2.45) is 22.7 Å². The maximum absolute atomic E-state index is 13.9. The highest BCUT2D eigenvalue weighted by Crippen LogP contribution is 2.61. The summed E-state index contributed by atoms with van der Waals surface area (Å²) in [6.07, 6.45) is 8.25. The van der Waals surface area contributed by atoms with Crippen molar-refractivity contribution in [3.05, 3.63) is 34.6 Å². The molecule has 3 heteroatoms. The SMILES string of the molecule is CC(C)=CC[C@H]1C[C@]2(CC=C(C)C)C(=O)[C@@H](C(=O)C3=C2OC(C)(C)CC3)C1(C)C. The van der Waals surface area contributed by atoms with Gasteiger partial charge in [-0.1, -0.05) is 37.1 Å². The van der Waals surface area contributed by atoms with Gasteiger partial charge in [-0.15, -0.1) is 0 Å². The molecule has 1 fully saturated rings. The zero-order valence-corrected chi connectivity index (χ0v) is 19.6. The summed E-state index contributed by atoms with van der Waals surface area (Å²) >= 11 is 0. The molecule has 1 aliphatic heterocycles. The first-order valence-electron chi connectivity index (χ1n) is 11.1. The van der Waals surface area contributed by atoms with Gasteiger partial charge >= 0.3 is 0 Å². The molecule has 2 aliphatic carbocycles. The molecular formula is C26H38O3. The third kappa shape index (κ3) is 3.66. The molecule has 0 unspecified atom stereocenters. The highest BCUT2D eigenvalue weighted by Gasteiger charge is 2.64. The largest absolute Gasteiger partial charge is 0.491 e. The van der Waals surface area contributed by atoms with Gasteiger partial charge in [-0.2, -0.15) is 0 Å². The van der Waals surface area contributed by atoms with Crippen LogP contribution in [0, 0.1) is 22.7 Å². The second-order valence-corrected chi connectivity index (χ2v) is 11.1. The van der Waals surface area contributed by atoms with Gasteiger partial charge in [-0.25, -0.2) is 0 Å². The van der Waals surface area contributed by atoms with E-state index in [0.29, 0.717) is 12.2 Å². The van der Waals surface area contributed by atoms with Crippen molar-refractivity contribution in [1.29, 1.82) is 0 Å². The molecule has 1 saturated carbocycles. The molecule has 3 nitrogen and oxygen atoms in total. The molecular weight excluding hydrogens is 360 g/mol. The Labute approximate surface area is 176 Å². The molecule has 3 rings (SSSR count). The van der Waals surface area contributed by atoms with Gasteiger partial charge in [-0.3, -0.25) is 9.59 Å². The molecule has 160 valence electrons. The number of Topliss-reactive ketones (excluding diaryl/α,β-unsaturated/α-hetero) is 2. The van der Waals surface area contributed by atoms with Crippen LogP contribution in [0.4, 0.5) is 0 Å². The van der Waals surface area contributed by atoms with Gasteiger partial charge in [0, 0.05) is 5.57 Å². The summed E-state index contributed by atoms with van der Waals surface area (Å²) in [4.78, 5) is 27.5. The molecule has 0 amide bonds. The van der Waals surface area contributed by atoms with Crippen molar-refractivity contribution in [1.82, 2.24) is 0 Å². The Bertz CT molecular complexity index is 813. The summed E-state index contributed by atoms with van der Waals surface area (Å²) in [5.41, 5.74) is 1.89. The van der Waals surface area contributed by atoms with Gasteiger partial charge < -0.3 is 4.74 Å². The zero-order chi connectivity index (χ0) is 21.8.